The zero-order valence-corrected chi connectivity index (χ0v) is 10.8. The highest BCUT2D eigenvalue weighted by Crippen LogP contribution is 2.35. The minimum atomic E-state index is -4.38. The van der Waals surface area contributed by atoms with E-state index in [4.69, 9.17) is 5.73 Å². The number of nitrogens with one attached hydrogen (secondary N) is 1. The molecule has 0 aliphatic heterocycles. The molecule has 0 heterocycles. The first-order valence-corrected chi connectivity index (χ1v) is 5.91. The number of hydrogen-bond donors (Lipinski definition) is 2. The van der Waals surface area contributed by atoms with Crippen molar-refractivity contribution in [3.05, 3.63) is 35.4 Å². The molecule has 1 rings (SSSR count). The first-order valence-electron chi connectivity index (χ1n) is 5.91. The Labute approximate surface area is 110 Å². The van der Waals surface area contributed by atoms with E-state index in [1.807, 2.05) is 0 Å². The predicted octanol–water partition coefficient (Wildman–Crippen LogP) is 2.27. The van der Waals surface area contributed by atoms with Crippen molar-refractivity contribution in [3.8, 4) is 0 Å². The summed E-state index contributed by atoms with van der Waals surface area (Å²) in [6.45, 7) is 3.35. The van der Waals surface area contributed by atoms with Crippen LogP contribution in [0.3, 0.4) is 0 Å². The van der Waals surface area contributed by atoms with Gasteiger partial charge in [-0.25, -0.2) is 0 Å². The lowest BCUT2D eigenvalue weighted by Gasteiger charge is -2.24. The predicted molar refractivity (Wildman–Crippen MR) is 66.5 cm³/mol. The molecule has 0 saturated heterocycles. The van der Waals surface area contributed by atoms with Crippen molar-refractivity contribution in [1.29, 1.82) is 0 Å². The Hall–Kier alpha value is -1.56. The number of alkyl halides is 3. The van der Waals surface area contributed by atoms with Crippen LogP contribution in [-0.4, -0.2) is 18.5 Å². The average molecular weight is 274 g/mol. The molecular formula is C13H17F3N2O. The summed E-state index contributed by atoms with van der Waals surface area (Å²) in [4.78, 5) is 10.7. The fourth-order valence-electron chi connectivity index (χ4n) is 1.86. The van der Waals surface area contributed by atoms with Gasteiger partial charge < -0.3 is 11.1 Å². The molecule has 2 atom stereocenters. The zero-order chi connectivity index (χ0) is 14.6. The number of amides is 1. The molecule has 106 valence electrons. The molecule has 0 bridgehead atoms. The maximum Gasteiger partial charge on any atom is 0.416 e. The SMILES string of the molecule is C[C@@H](NCC(N)=O)[C@@H](C)c1ccccc1C(F)(F)F. The average Bonchev–Trinajstić information content (AvgIpc) is 2.34. The Morgan fingerprint density at radius 1 is 1.32 bits per heavy atom. The minimum Gasteiger partial charge on any atom is -0.369 e. The molecule has 19 heavy (non-hydrogen) atoms. The van der Waals surface area contributed by atoms with Crippen LogP contribution in [0.1, 0.15) is 30.9 Å². The smallest absolute Gasteiger partial charge is 0.369 e. The van der Waals surface area contributed by atoms with Gasteiger partial charge in [-0.3, -0.25) is 4.79 Å². The summed E-state index contributed by atoms with van der Waals surface area (Å²) in [6.07, 6.45) is -4.38. The minimum absolute atomic E-state index is 0.0559. The van der Waals surface area contributed by atoms with Gasteiger partial charge in [0.1, 0.15) is 0 Å². The number of carbonyl (C=O) groups excluding carboxylic acids is 1. The molecule has 0 fully saturated rings. The zero-order valence-electron chi connectivity index (χ0n) is 10.8. The second kappa shape index (κ2) is 6.06. The van der Waals surface area contributed by atoms with Gasteiger partial charge >= 0.3 is 6.18 Å². The van der Waals surface area contributed by atoms with E-state index in [2.05, 4.69) is 5.32 Å². The van der Waals surface area contributed by atoms with E-state index >= 15 is 0 Å². The lowest BCUT2D eigenvalue weighted by molar-refractivity contribution is -0.138. The van der Waals surface area contributed by atoms with E-state index in [-0.39, 0.29) is 18.2 Å². The summed E-state index contributed by atoms with van der Waals surface area (Å²) in [7, 11) is 0. The van der Waals surface area contributed by atoms with Crippen LogP contribution in [0.25, 0.3) is 0 Å². The second-order valence-electron chi connectivity index (χ2n) is 4.51. The quantitative estimate of drug-likeness (QED) is 0.865. The van der Waals surface area contributed by atoms with Gasteiger partial charge in [-0.2, -0.15) is 13.2 Å². The van der Waals surface area contributed by atoms with Gasteiger partial charge in [-0.05, 0) is 24.5 Å². The summed E-state index contributed by atoms with van der Waals surface area (Å²) in [5.41, 5.74) is 4.56. The van der Waals surface area contributed by atoms with Crippen LogP contribution in [0.2, 0.25) is 0 Å². The first kappa shape index (κ1) is 15.5. The molecule has 6 heteroatoms. The van der Waals surface area contributed by atoms with Crippen molar-refractivity contribution in [2.45, 2.75) is 32.0 Å². The van der Waals surface area contributed by atoms with E-state index in [0.29, 0.717) is 0 Å². The van der Waals surface area contributed by atoms with Crippen molar-refractivity contribution >= 4 is 5.91 Å². The third kappa shape index (κ3) is 4.24. The van der Waals surface area contributed by atoms with Gasteiger partial charge in [0.2, 0.25) is 5.91 Å². The summed E-state index contributed by atoms with van der Waals surface area (Å²) in [5.74, 6) is -0.930. The Bertz CT molecular complexity index is 446. The lowest BCUT2D eigenvalue weighted by atomic mass is 9.90. The van der Waals surface area contributed by atoms with Gasteiger partial charge in [-0.1, -0.05) is 25.1 Å². The Kier molecular flexibility index (Phi) is 4.94. The van der Waals surface area contributed by atoms with Crippen molar-refractivity contribution in [3.63, 3.8) is 0 Å². The lowest BCUT2D eigenvalue weighted by Crippen LogP contribution is -2.38. The van der Waals surface area contributed by atoms with Crippen LogP contribution in [0.5, 0.6) is 0 Å². The van der Waals surface area contributed by atoms with E-state index in [0.717, 1.165) is 6.07 Å². The third-order valence-electron chi connectivity index (χ3n) is 3.11. The highest BCUT2D eigenvalue weighted by atomic mass is 19.4. The van der Waals surface area contributed by atoms with Gasteiger partial charge in [-0.15, -0.1) is 0 Å². The van der Waals surface area contributed by atoms with E-state index in [1.165, 1.54) is 12.1 Å². The fraction of sp³-hybridized carbons (Fsp3) is 0.462. The fourth-order valence-corrected chi connectivity index (χ4v) is 1.86. The summed E-state index contributed by atoms with van der Waals surface area (Å²) >= 11 is 0. The number of carbonyl (C=O) groups is 1. The van der Waals surface area contributed by atoms with Crippen LogP contribution in [0.4, 0.5) is 13.2 Å². The number of rotatable bonds is 5. The first-order chi connectivity index (χ1) is 8.73. The number of hydrogen-bond acceptors (Lipinski definition) is 2. The van der Waals surface area contributed by atoms with Crippen molar-refractivity contribution in [2.24, 2.45) is 5.73 Å². The molecule has 0 radical (unpaired) electrons. The normalized spacial score (nSPS) is 15.0. The van der Waals surface area contributed by atoms with Crippen molar-refractivity contribution < 1.29 is 18.0 Å². The van der Waals surface area contributed by atoms with E-state index < -0.39 is 23.6 Å². The van der Waals surface area contributed by atoms with Crippen molar-refractivity contribution in [1.82, 2.24) is 5.32 Å². The molecule has 3 nitrogen and oxygen atoms in total. The number of primary amides is 1. The van der Waals surface area contributed by atoms with E-state index in [1.54, 1.807) is 19.9 Å². The van der Waals surface area contributed by atoms with Crippen molar-refractivity contribution in [2.75, 3.05) is 6.54 Å². The van der Waals surface area contributed by atoms with Gasteiger partial charge in [0.05, 0.1) is 12.1 Å². The van der Waals surface area contributed by atoms with Gasteiger partial charge in [0.25, 0.3) is 0 Å². The summed E-state index contributed by atoms with van der Waals surface area (Å²) in [5, 5.41) is 2.82. The standard InChI is InChI=1S/C13H17F3N2O/c1-8(9(2)18-7-12(17)19)10-5-3-4-6-11(10)13(14,15)16/h3-6,8-9,18H,7H2,1-2H3,(H2,17,19)/t8-,9-/m1/s1. The highest BCUT2D eigenvalue weighted by molar-refractivity contribution is 5.75. The molecule has 3 N–H and O–H groups in total. The molecule has 0 saturated carbocycles. The van der Waals surface area contributed by atoms with Crippen LogP contribution < -0.4 is 11.1 Å². The van der Waals surface area contributed by atoms with Crippen LogP contribution in [0, 0.1) is 0 Å². The summed E-state index contributed by atoms with van der Waals surface area (Å²) in [6, 6.07) is 5.15. The Morgan fingerprint density at radius 2 is 1.89 bits per heavy atom. The number of halogens is 3. The molecule has 0 aliphatic carbocycles. The molecule has 1 amide bonds. The van der Waals surface area contributed by atoms with Crippen LogP contribution in [-0.2, 0) is 11.0 Å². The molecule has 0 unspecified atom stereocenters. The monoisotopic (exact) mass is 274 g/mol. The van der Waals surface area contributed by atoms with Crippen LogP contribution in [0.15, 0.2) is 24.3 Å². The Balaban J connectivity index is 2.93. The molecule has 0 aliphatic rings. The highest BCUT2D eigenvalue weighted by Gasteiger charge is 2.34. The van der Waals surface area contributed by atoms with Gasteiger partial charge in [0.15, 0.2) is 0 Å². The largest absolute Gasteiger partial charge is 0.416 e. The number of benzene rings is 1. The molecule has 1 aromatic carbocycles. The summed E-state index contributed by atoms with van der Waals surface area (Å²) < 4.78 is 38.7. The topological polar surface area (TPSA) is 55.1 Å². The number of nitrogens with two attached hydrogens (primary N) is 1. The van der Waals surface area contributed by atoms with Crippen LogP contribution >= 0.6 is 0 Å². The molecule has 1 aromatic rings. The van der Waals surface area contributed by atoms with Gasteiger partial charge in [0, 0.05) is 6.04 Å². The second-order valence-corrected chi connectivity index (χ2v) is 4.51. The maximum absolute atomic E-state index is 12.9. The van der Waals surface area contributed by atoms with E-state index in [9.17, 15) is 18.0 Å². The molecule has 0 spiro atoms. The molecule has 0 aromatic heterocycles. The maximum atomic E-state index is 12.9. The molecular weight excluding hydrogens is 257 g/mol. The Morgan fingerprint density at radius 3 is 2.42 bits per heavy atom. The third-order valence-corrected chi connectivity index (χ3v) is 3.11.